The smallest absolute Gasteiger partial charge is 0.426 e. The molecule has 9 nitrogen and oxygen atoms in total. The number of halogens is 2. The van der Waals surface area contributed by atoms with E-state index in [4.69, 9.17) is 34.7 Å². The van der Waals surface area contributed by atoms with E-state index in [1.807, 2.05) is 0 Å². The van der Waals surface area contributed by atoms with Gasteiger partial charge in [0.1, 0.15) is 0 Å². The number of benzene rings is 1. The van der Waals surface area contributed by atoms with E-state index in [0.717, 1.165) is 0 Å². The monoisotopic (exact) mass is 431 g/mol. The van der Waals surface area contributed by atoms with Crippen molar-refractivity contribution in [1.82, 2.24) is 10.2 Å². The Labute approximate surface area is 173 Å². The number of carbonyl (C=O) groups is 2. The Morgan fingerprint density at radius 1 is 1.29 bits per heavy atom. The predicted molar refractivity (Wildman–Crippen MR) is 110 cm³/mol. The minimum Gasteiger partial charge on any atom is -0.426 e. The molecule has 0 aliphatic carbocycles. The van der Waals surface area contributed by atoms with Crippen molar-refractivity contribution in [3.05, 3.63) is 33.8 Å². The lowest BCUT2D eigenvalue weighted by atomic mass is 9.76. The highest BCUT2D eigenvalue weighted by molar-refractivity contribution is 6.43. The van der Waals surface area contributed by atoms with Crippen molar-refractivity contribution in [2.75, 3.05) is 20.1 Å². The van der Waals surface area contributed by atoms with Gasteiger partial charge in [0.15, 0.2) is 5.96 Å². The van der Waals surface area contributed by atoms with Gasteiger partial charge in [-0.15, -0.1) is 0 Å². The summed E-state index contributed by atoms with van der Waals surface area (Å²) in [6.45, 7) is 0.0563. The normalized spacial score (nSPS) is 11.5. The SMILES string of the molecule is CN(CC(=O)NC(CCCN=C(N)N)B(O)O)C(=O)Cc1ccc(Cl)c(Cl)c1. The maximum absolute atomic E-state index is 12.3. The van der Waals surface area contributed by atoms with Crippen LogP contribution in [0.15, 0.2) is 23.2 Å². The molecule has 28 heavy (non-hydrogen) atoms. The number of aliphatic imine (C=N–C) groups is 1. The molecule has 1 rings (SSSR count). The first-order valence-electron chi connectivity index (χ1n) is 8.49. The highest BCUT2D eigenvalue weighted by atomic mass is 35.5. The highest BCUT2D eigenvalue weighted by Crippen LogP contribution is 2.22. The number of nitrogens with two attached hydrogens (primary N) is 2. The van der Waals surface area contributed by atoms with Crippen LogP contribution >= 0.6 is 23.2 Å². The highest BCUT2D eigenvalue weighted by Gasteiger charge is 2.25. The fourth-order valence-electron chi connectivity index (χ4n) is 2.33. The van der Waals surface area contributed by atoms with Crippen molar-refractivity contribution in [1.29, 1.82) is 0 Å². The van der Waals surface area contributed by atoms with Crippen molar-refractivity contribution in [2.45, 2.75) is 25.2 Å². The molecule has 1 aromatic carbocycles. The van der Waals surface area contributed by atoms with Gasteiger partial charge in [0.25, 0.3) is 0 Å². The first-order chi connectivity index (χ1) is 13.1. The van der Waals surface area contributed by atoms with E-state index in [9.17, 15) is 19.6 Å². The minimum absolute atomic E-state index is 0.0469. The number of nitrogens with zero attached hydrogens (tertiary/aromatic N) is 2. The van der Waals surface area contributed by atoms with Crippen molar-refractivity contribution in [3.63, 3.8) is 0 Å². The van der Waals surface area contributed by atoms with Gasteiger partial charge in [-0.05, 0) is 30.5 Å². The Morgan fingerprint density at radius 2 is 1.96 bits per heavy atom. The van der Waals surface area contributed by atoms with Gasteiger partial charge < -0.3 is 31.7 Å². The first kappa shape index (κ1) is 24.0. The third kappa shape index (κ3) is 8.79. The lowest BCUT2D eigenvalue weighted by Crippen LogP contribution is -2.49. The average molecular weight is 432 g/mol. The van der Waals surface area contributed by atoms with Crippen molar-refractivity contribution in [2.24, 2.45) is 16.5 Å². The second-order valence-electron chi connectivity index (χ2n) is 6.21. The Hall–Kier alpha value is -2.01. The molecule has 0 aromatic heterocycles. The number of hydrogen-bond donors (Lipinski definition) is 5. The van der Waals surface area contributed by atoms with Gasteiger partial charge in [0.2, 0.25) is 11.8 Å². The van der Waals surface area contributed by atoms with Crippen LogP contribution in [0.1, 0.15) is 18.4 Å². The van der Waals surface area contributed by atoms with Crippen LogP contribution < -0.4 is 16.8 Å². The van der Waals surface area contributed by atoms with Crippen LogP contribution in [0.2, 0.25) is 10.0 Å². The molecular formula is C16H24BCl2N5O4. The Balaban J connectivity index is 2.52. The van der Waals surface area contributed by atoms with Crippen LogP contribution in [0, 0.1) is 0 Å². The summed E-state index contributed by atoms with van der Waals surface area (Å²) in [5, 5.41) is 22.0. The summed E-state index contributed by atoms with van der Waals surface area (Å²) >= 11 is 11.8. The van der Waals surface area contributed by atoms with E-state index in [2.05, 4.69) is 10.3 Å². The minimum atomic E-state index is -1.75. The van der Waals surface area contributed by atoms with Gasteiger partial charge in [-0.2, -0.15) is 0 Å². The molecule has 2 amide bonds. The van der Waals surface area contributed by atoms with E-state index >= 15 is 0 Å². The maximum Gasteiger partial charge on any atom is 0.475 e. The topological polar surface area (TPSA) is 154 Å². The Morgan fingerprint density at radius 3 is 2.54 bits per heavy atom. The number of amides is 2. The van der Waals surface area contributed by atoms with Crippen molar-refractivity contribution in [3.8, 4) is 0 Å². The second kappa shape index (κ2) is 11.8. The van der Waals surface area contributed by atoms with Gasteiger partial charge >= 0.3 is 7.12 Å². The van der Waals surface area contributed by atoms with Crippen LogP contribution in [-0.4, -0.2) is 65.9 Å². The fraction of sp³-hybridized carbons (Fsp3) is 0.438. The molecular weight excluding hydrogens is 408 g/mol. The molecule has 0 aliphatic heterocycles. The van der Waals surface area contributed by atoms with Crippen molar-refractivity contribution < 1.29 is 19.6 Å². The molecule has 1 atom stereocenters. The molecule has 0 aliphatic rings. The Kier molecular flexibility index (Phi) is 10.1. The standard InChI is InChI=1S/C16H24BCl2N5O4/c1-24(15(26)8-10-4-5-11(18)12(19)7-10)9-14(25)23-13(17(27)28)3-2-6-22-16(20)21/h4-5,7,13,27-28H,2-3,6,8-9H2,1H3,(H,23,25)(H4,20,21,22). The Bertz CT molecular complexity index is 716. The molecule has 0 saturated heterocycles. The summed E-state index contributed by atoms with van der Waals surface area (Å²) in [6.07, 6.45) is 0.735. The van der Waals surface area contributed by atoms with Crippen LogP contribution in [0.5, 0.6) is 0 Å². The molecule has 154 valence electrons. The largest absolute Gasteiger partial charge is 0.475 e. The molecule has 7 N–H and O–H groups in total. The van der Waals surface area contributed by atoms with E-state index in [0.29, 0.717) is 28.6 Å². The fourth-order valence-corrected chi connectivity index (χ4v) is 2.65. The molecule has 0 bridgehead atoms. The molecule has 12 heteroatoms. The molecule has 0 radical (unpaired) electrons. The van der Waals surface area contributed by atoms with Crippen molar-refractivity contribution >= 4 is 48.1 Å². The summed E-state index contributed by atoms with van der Waals surface area (Å²) in [5.41, 5.74) is 11.1. The van der Waals surface area contributed by atoms with E-state index < -0.39 is 19.0 Å². The molecule has 1 aromatic rings. The van der Waals surface area contributed by atoms with Gasteiger partial charge in [-0.3, -0.25) is 14.6 Å². The van der Waals surface area contributed by atoms with Gasteiger partial charge in [0.05, 0.1) is 29.0 Å². The lowest BCUT2D eigenvalue weighted by molar-refractivity contribution is -0.134. The number of hydrogen-bond acceptors (Lipinski definition) is 5. The molecule has 0 fully saturated rings. The van der Waals surface area contributed by atoms with Crippen LogP contribution in [0.25, 0.3) is 0 Å². The number of carbonyl (C=O) groups excluding carboxylic acids is 2. The summed E-state index contributed by atoms with van der Waals surface area (Å²) < 4.78 is 0. The van der Waals surface area contributed by atoms with Crippen LogP contribution in [0.3, 0.4) is 0 Å². The third-order valence-electron chi connectivity index (χ3n) is 3.82. The molecule has 0 spiro atoms. The van der Waals surface area contributed by atoms with Gasteiger partial charge in [0, 0.05) is 13.6 Å². The van der Waals surface area contributed by atoms with Gasteiger partial charge in [-0.1, -0.05) is 29.3 Å². The molecule has 0 heterocycles. The zero-order chi connectivity index (χ0) is 21.3. The number of likely N-dealkylation sites (N-methyl/N-ethyl adjacent to an activating group) is 1. The quantitative estimate of drug-likeness (QED) is 0.146. The maximum atomic E-state index is 12.3. The second-order valence-corrected chi connectivity index (χ2v) is 7.03. The third-order valence-corrected chi connectivity index (χ3v) is 4.56. The predicted octanol–water partition coefficient (Wildman–Crippen LogP) is -0.455. The summed E-state index contributed by atoms with van der Waals surface area (Å²) in [5.74, 6) is -1.79. The summed E-state index contributed by atoms with van der Waals surface area (Å²) in [6, 6.07) is 4.86. The zero-order valence-electron chi connectivity index (χ0n) is 15.4. The van der Waals surface area contributed by atoms with E-state index in [1.165, 1.54) is 11.9 Å². The summed E-state index contributed by atoms with van der Waals surface area (Å²) in [7, 11) is -0.275. The van der Waals surface area contributed by atoms with E-state index in [1.54, 1.807) is 18.2 Å². The van der Waals surface area contributed by atoms with Crippen LogP contribution in [0.4, 0.5) is 0 Å². The van der Waals surface area contributed by atoms with Crippen LogP contribution in [-0.2, 0) is 16.0 Å². The molecule has 1 unspecified atom stereocenters. The number of nitrogens with one attached hydrogen (secondary N) is 1. The van der Waals surface area contributed by atoms with Gasteiger partial charge in [-0.25, -0.2) is 0 Å². The average Bonchev–Trinajstić information content (AvgIpc) is 2.60. The zero-order valence-corrected chi connectivity index (χ0v) is 17.0. The number of rotatable bonds is 10. The lowest BCUT2D eigenvalue weighted by Gasteiger charge is -2.21. The summed E-state index contributed by atoms with van der Waals surface area (Å²) in [4.78, 5) is 29.4. The number of guanidine groups is 1. The molecule has 0 saturated carbocycles. The first-order valence-corrected chi connectivity index (χ1v) is 9.24. The van der Waals surface area contributed by atoms with E-state index in [-0.39, 0.29) is 31.3 Å².